The smallest absolute Gasteiger partial charge is 0.223 e. The van der Waals surface area contributed by atoms with E-state index in [0.717, 1.165) is 0 Å². The summed E-state index contributed by atoms with van der Waals surface area (Å²) in [7, 11) is 0. The first-order valence-corrected chi connectivity index (χ1v) is 12.2. The second-order valence-corrected chi connectivity index (χ2v) is 10.5. The summed E-state index contributed by atoms with van der Waals surface area (Å²) in [5, 5.41) is 34.0. The van der Waals surface area contributed by atoms with E-state index in [1.165, 1.54) is 12.3 Å². The van der Waals surface area contributed by atoms with Gasteiger partial charge in [0.15, 0.2) is 12.1 Å². The number of hydrogen-bond donors (Lipinski definition) is 4. The highest BCUT2D eigenvalue weighted by molar-refractivity contribution is 6.33. The fraction of sp³-hybridized carbons (Fsp3) is 0.542. The van der Waals surface area contributed by atoms with Crippen LogP contribution in [-0.2, 0) is 15.1 Å². The molecule has 0 aliphatic carbocycles. The van der Waals surface area contributed by atoms with E-state index in [2.05, 4.69) is 20.3 Å². The van der Waals surface area contributed by atoms with Crippen LogP contribution in [0.5, 0.6) is 0 Å². The van der Waals surface area contributed by atoms with E-state index >= 15 is 4.39 Å². The Morgan fingerprint density at radius 3 is 2.69 bits per heavy atom. The maximum Gasteiger partial charge on any atom is 0.223 e. The van der Waals surface area contributed by atoms with E-state index < -0.39 is 36.0 Å². The van der Waals surface area contributed by atoms with Crippen LogP contribution in [-0.4, -0.2) is 72.1 Å². The molecule has 0 unspecified atom stereocenters. The molecule has 0 saturated carbocycles. The molecule has 2 fully saturated rings. The summed E-state index contributed by atoms with van der Waals surface area (Å²) in [6.45, 7) is 6.86. The van der Waals surface area contributed by atoms with Crippen molar-refractivity contribution in [3.63, 3.8) is 0 Å². The average molecular weight is 522 g/mol. The third-order valence-electron chi connectivity index (χ3n) is 6.53. The fourth-order valence-electron chi connectivity index (χ4n) is 4.85. The first kappa shape index (κ1) is 25.2. The van der Waals surface area contributed by atoms with Gasteiger partial charge in [-0.15, -0.1) is 0 Å². The molecule has 194 valence electrons. The molecule has 5 rings (SSSR count). The highest BCUT2D eigenvalue weighted by atomic mass is 35.5. The van der Waals surface area contributed by atoms with E-state index in [0.29, 0.717) is 29.0 Å². The van der Waals surface area contributed by atoms with Crippen LogP contribution in [0.25, 0.3) is 22.3 Å². The van der Waals surface area contributed by atoms with Gasteiger partial charge in [0.2, 0.25) is 5.95 Å². The summed E-state index contributed by atoms with van der Waals surface area (Å²) in [6, 6.07) is 2.45. The topological polar surface area (TPSA) is 135 Å². The average Bonchev–Trinajstić information content (AvgIpc) is 3.38. The quantitative estimate of drug-likeness (QED) is 0.386. The van der Waals surface area contributed by atoms with Crippen LogP contribution in [0.4, 0.5) is 10.3 Å². The van der Waals surface area contributed by atoms with Crippen molar-refractivity contribution in [1.82, 2.24) is 19.5 Å². The Kier molecular flexibility index (Phi) is 6.42. The van der Waals surface area contributed by atoms with E-state index in [4.69, 9.17) is 21.1 Å². The predicted octanol–water partition coefficient (Wildman–Crippen LogP) is 2.74. The lowest BCUT2D eigenvalue weighted by Crippen LogP contribution is -2.48. The number of nitrogens with one attached hydrogen (secondary N) is 1. The third-order valence-corrected chi connectivity index (χ3v) is 6.81. The lowest BCUT2D eigenvalue weighted by Gasteiger charge is -2.32. The number of benzene rings is 1. The molecule has 36 heavy (non-hydrogen) atoms. The largest absolute Gasteiger partial charge is 0.394 e. The summed E-state index contributed by atoms with van der Waals surface area (Å²) >= 11 is 6.43. The number of imidazole rings is 1. The van der Waals surface area contributed by atoms with Gasteiger partial charge in [-0.25, -0.2) is 19.3 Å². The van der Waals surface area contributed by atoms with E-state index in [1.54, 1.807) is 24.5 Å². The summed E-state index contributed by atoms with van der Waals surface area (Å²) in [5.41, 5.74) is 0.0841. The minimum atomic E-state index is -1.28. The van der Waals surface area contributed by atoms with Gasteiger partial charge in [-0.05, 0) is 46.2 Å². The molecule has 0 spiro atoms. The Hall–Kier alpha value is -2.41. The maximum absolute atomic E-state index is 15.3. The number of fused-ring (bicyclic) bond motifs is 3. The van der Waals surface area contributed by atoms with Gasteiger partial charge in [0.1, 0.15) is 29.2 Å². The Balaban J connectivity index is 1.52. The predicted molar refractivity (Wildman–Crippen MR) is 130 cm³/mol. The van der Waals surface area contributed by atoms with E-state index in [-0.39, 0.29) is 35.2 Å². The Labute approximate surface area is 212 Å². The number of hydrogen-bond acceptors (Lipinski definition) is 9. The van der Waals surface area contributed by atoms with Gasteiger partial charge < -0.3 is 34.7 Å². The number of rotatable bonds is 6. The lowest BCUT2D eigenvalue weighted by molar-refractivity contribution is -0.161. The number of ether oxygens (including phenoxy) is 2. The number of aliphatic hydroxyl groups is 3. The van der Waals surface area contributed by atoms with Crippen molar-refractivity contribution in [2.24, 2.45) is 0 Å². The monoisotopic (exact) mass is 521 g/mol. The molecular weight excluding hydrogens is 493 g/mol. The zero-order chi connectivity index (χ0) is 25.9. The number of halogens is 2. The molecule has 4 heterocycles. The van der Waals surface area contributed by atoms with Crippen molar-refractivity contribution in [3.8, 4) is 11.3 Å². The molecule has 0 amide bonds. The zero-order valence-electron chi connectivity index (χ0n) is 20.3. The SMILES string of the molecule is CC(C)n1c(C(C)(C)O)nc2c(F)cc(-c3nc(N[C@@H]4C[C@@H]5O[C@@H](O[C@H]5CO)[C@H]4O)ncc3Cl)cc21. The van der Waals surface area contributed by atoms with Gasteiger partial charge in [-0.2, -0.15) is 0 Å². The van der Waals surface area contributed by atoms with Gasteiger partial charge in [0.25, 0.3) is 0 Å². The summed E-state index contributed by atoms with van der Waals surface area (Å²) in [6.07, 6.45) is -0.960. The minimum absolute atomic E-state index is 0.0977. The first-order chi connectivity index (χ1) is 17.0. The van der Waals surface area contributed by atoms with Crippen LogP contribution < -0.4 is 5.32 Å². The molecule has 2 aromatic heterocycles. The number of aliphatic hydroxyl groups excluding tert-OH is 2. The van der Waals surface area contributed by atoms with Gasteiger partial charge in [0, 0.05) is 11.6 Å². The second kappa shape index (κ2) is 9.16. The molecule has 2 aliphatic rings. The molecule has 0 radical (unpaired) electrons. The molecule has 3 aromatic rings. The maximum atomic E-state index is 15.3. The molecule has 4 N–H and O–H groups in total. The molecule has 2 bridgehead atoms. The lowest BCUT2D eigenvalue weighted by atomic mass is 9.99. The summed E-state index contributed by atoms with van der Waals surface area (Å²) in [4.78, 5) is 13.1. The van der Waals surface area contributed by atoms with Crippen LogP contribution >= 0.6 is 11.6 Å². The highest BCUT2D eigenvalue weighted by Gasteiger charge is 2.48. The van der Waals surface area contributed by atoms with E-state index in [9.17, 15) is 15.3 Å². The highest BCUT2D eigenvalue weighted by Crippen LogP contribution is 2.36. The number of anilines is 1. The van der Waals surface area contributed by atoms with Crippen molar-refractivity contribution in [3.05, 3.63) is 35.0 Å². The number of nitrogens with zero attached hydrogens (tertiary/aromatic N) is 4. The molecular formula is C24H29ClFN5O5. The standard InChI is InChI=1S/C24H29ClFN5O5/c1-10(2)31-15-6-11(5-13(26)19(15)29-22(31)24(3,4)34)18-12(25)8-27-23(30-18)28-14-7-16-17(9-32)36-21(35-16)20(14)33/h5-6,8,10,14,16-17,20-21,32-34H,7,9H2,1-4H3,(H,27,28,30)/t14-,16+,17+,20+,21+/m1/s1. The second-order valence-electron chi connectivity index (χ2n) is 10.1. The van der Waals surface area contributed by atoms with Crippen LogP contribution in [0.15, 0.2) is 18.3 Å². The summed E-state index contributed by atoms with van der Waals surface area (Å²) < 4.78 is 28.2. The molecule has 2 aliphatic heterocycles. The Bertz CT molecular complexity index is 1300. The van der Waals surface area contributed by atoms with Crippen LogP contribution in [0.2, 0.25) is 5.02 Å². The molecule has 2 saturated heterocycles. The van der Waals surface area contributed by atoms with Gasteiger partial charge in [-0.1, -0.05) is 11.6 Å². The first-order valence-electron chi connectivity index (χ1n) is 11.8. The third kappa shape index (κ3) is 4.33. The normalized spacial score (nSPS) is 26.2. The number of aromatic nitrogens is 4. The fourth-order valence-corrected chi connectivity index (χ4v) is 5.05. The van der Waals surface area contributed by atoms with Gasteiger partial charge in [-0.3, -0.25) is 0 Å². The summed E-state index contributed by atoms with van der Waals surface area (Å²) in [5.74, 6) is -0.0261. The van der Waals surface area contributed by atoms with Crippen molar-refractivity contribution in [1.29, 1.82) is 0 Å². The van der Waals surface area contributed by atoms with Crippen molar-refractivity contribution >= 4 is 28.6 Å². The van der Waals surface area contributed by atoms with Crippen molar-refractivity contribution < 1.29 is 29.2 Å². The molecule has 1 aromatic carbocycles. The Morgan fingerprint density at radius 1 is 1.28 bits per heavy atom. The van der Waals surface area contributed by atoms with Crippen molar-refractivity contribution in [2.45, 2.75) is 76.4 Å². The Morgan fingerprint density at radius 2 is 2.03 bits per heavy atom. The van der Waals surface area contributed by atoms with Crippen LogP contribution in [0.1, 0.15) is 46.0 Å². The van der Waals surface area contributed by atoms with Crippen molar-refractivity contribution in [2.75, 3.05) is 11.9 Å². The minimum Gasteiger partial charge on any atom is -0.394 e. The molecule has 5 atom stereocenters. The van der Waals surface area contributed by atoms with Crippen LogP contribution in [0, 0.1) is 5.82 Å². The zero-order valence-corrected chi connectivity index (χ0v) is 21.1. The van der Waals surface area contributed by atoms with Crippen LogP contribution in [0.3, 0.4) is 0 Å². The molecule has 12 heteroatoms. The van der Waals surface area contributed by atoms with Gasteiger partial charge in [0.05, 0.1) is 41.2 Å². The van der Waals surface area contributed by atoms with Gasteiger partial charge >= 0.3 is 0 Å². The molecule has 10 nitrogen and oxygen atoms in total. The van der Waals surface area contributed by atoms with E-state index in [1.807, 2.05) is 13.8 Å².